The Kier molecular flexibility index (Phi) is 2.76. The van der Waals surface area contributed by atoms with E-state index in [-0.39, 0.29) is 10.8 Å². The molecule has 0 fully saturated rings. The molecule has 0 N–H and O–H groups in total. The number of nitrogens with zero attached hydrogens (tertiary/aromatic N) is 5. The first-order valence-corrected chi connectivity index (χ1v) is 5.08. The van der Waals surface area contributed by atoms with Crippen LogP contribution in [0.5, 0.6) is 0 Å². The average Bonchev–Trinajstić information content (AvgIpc) is 2.55. The van der Waals surface area contributed by atoms with Crippen molar-refractivity contribution in [1.82, 2.24) is 20.0 Å². The van der Waals surface area contributed by atoms with E-state index in [0.29, 0.717) is 17.2 Å². The van der Waals surface area contributed by atoms with Crippen molar-refractivity contribution in [2.75, 3.05) is 0 Å². The standard InChI is InChI=1S/C9H8ClN5O2/c1-5-9(15(16)17)6(2)14(13-5)8-4-3-7(10)11-12-8/h3-4H,1-2H3. The van der Waals surface area contributed by atoms with Gasteiger partial charge in [0.25, 0.3) is 0 Å². The van der Waals surface area contributed by atoms with E-state index in [2.05, 4.69) is 15.3 Å². The van der Waals surface area contributed by atoms with Crippen LogP contribution < -0.4 is 0 Å². The van der Waals surface area contributed by atoms with Gasteiger partial charge in [0, 0.05) is 0 Å². The molecule has 0 bridgehead atoms. The van der Waals surface area contributed by atoms with E-state index < -0.39 is 4.92 Å². The Bertz CT molecular complexity index is 578. The zero-order valence-electron chi connectivity index (χ0n) is 9.09. The fraction of sp³-hybridized carbons (Fsp3) is 0.222. The number of halogens is 1. The molecule has 0 saturated heterocycles. The van der Waals surface area contributed by atoms with Crippen molar-refractivity contribution in [3.8, 4) is 5.82 Å². The van der Waals surface area contributed by atoms with Crippen LogP contribution in [0, 0.1) is 24.0 Å². The highest BCUT2D eigenvalue weighted by Crippen LogP contribution is 2.23. The molecule has 0 aliphatic rings. The first kappa shape index (κ1) is 11.5. The van der Waals surface area contributed by atoms with Gasteiger partial charge in [0.2, 0.25) is 0 Å². The van der Waals surface area contributed by atoms with Crippen molar-refractivity contribution in [2.24, 2.45) is 0 Å². The summed E-state index contributed by atoms with van der Waals surface area (Å²) in [5.74, 6) is 0.392. The summed E-state index contributed by atoms with van der Waals surface area (Å²) in [6.45, 7) is 3.18. The third-order valence-corrected chi connectivity index (χ3v) is 2.47. The predicted molar refractivity (Wildman–Crippen MR) is 60.3 cm³/mol. The van der Waals surface area contributed by atoms with Crippen molar-refractivity contribution in [2.45, 2.75) is 13.8 Å². The van der Waals surface area contributed by atoms with E-state index in [1.54, 1.807) is 26.0 Å². The second-order valence-corrected chi connectivity index (χ2v) is 3.79. The van der Waals surface area contributed by atoms with Gasteiger partial charge in [0.15, 0.2) is 11.0 Å². The van der Waals surface area contributed by atoms with Gasteiger partial charge in [-0.2, -0.15) is 5.10 Å². The van der Waals surface area contributed by atoms with Crippen molar-refractivity contribution in [3.05, 3.63) is 38.8 Å². The smallest absolute Gasteiger partial charge is 0.258 e. The first-order valence-electron chi connectivity index (χ1n) is 4.71. The monoisotopic (exact) mass is 253 g/mol. The molecule has 8 heteroatoms. The minimum atomic E-state index is -0.461. The highest BCUT2D eigenvalue weighted by atomic mass is 35.5. The Hall–Kier alpha value is -2.02. The van der Waals surface area contributed by atoms with Crippen molar-refractivity contribution in [1.29, 1.82) is 0 Å². The molecule has 0 aliphatic heterocycles. The summed E-state index contributed by atoms with van der Waals surface area (Å²) in [7, 11) is 0. The molecule has 2 heterocycles. The van der Waals surface area contributed by atoms with Crippen molar-refractivity contribution >= 4 is 17.3 Å². The molecule has 0 amide bonds. The van der Waals surface area contributed by atoms with Crippen LogP contribution in [0.25, 0.3) is 5.82 Å². The molecule has 2 aromatic heterocycles. The molecule has 88 valence electrons. The van der Waals surface area contributed by atoms with Crippen molar-refractivity contribution < 1.29 is 4.92 Å². The summed E-state index contributed by atoms with van der Waals surface area (Å²) in [5.41, 5.74) is 0.732. The van der Waals surface area contributed by atoms with Crippen LogP contribution in [0.4, 0.5) is 5.69 Å². The fourth-order valence-electron chi connectivity index (χ4n) is 1.54. The summed E-state index contributed by atoms with van der Waals surface area (Å²) in [6.07, 6.45) is 0. The molecule has 0 saturated carbocycles. The van der Waals surface area contributed by atoms with E-state index in [0.717, 1.165) is 0 Å². The first-order chi connectivity index (χ1) is 8.00. The summed E-state index contributed by atoms with van der Waals surface area (Å²) in [5, 5.41) is 22.6. The van der Waals surface area contributed by atoms with Gasteiger partial charge in [-0.3, -0.25) is 10.1 Å². The molecular weight excluding hydrogens is 246 g/mol. The van der Waals surface area contributed by atoms with Gasteiger partial charge in [-0.05, 0) is 26.0 Å². The van der Waals surface area contributed by atoms with Gasteiger partial charge in [0.05, 0.1) is 4.92 Å². The average molecular weight is 254 g/mol. The van der Waals surface area contributed by atoms with Gasteiger partial charge in [0.1, 0.15) is 11.4 Å². The van der Waals surface area contributed by atoms with Crippen LogP contribution in [0.2, 0.25) is 5.15 Å². The molecule has 0 unspecified atom stereocenters. The Morgan fingerprint density at radius 2 is 2.06 bits per heavy atom. The molecule has 0 atom stereocenters. The third-order valence-electron chi connectivity index (χ3n) is 2.27. The van der Waals surface area contributed by atoms with E-state index in [1.165, 1.54) is 4.68 Å². The number of aryl methyl sites for hydroxylation is 1. The highest BCUT2D eigenvalue weighted by Gasteiger charge is 2.22. The summed E-state index contributed by atoms with van der Waals surface area (Å²) in [4.78, 5) is 10.4. The molecular formula is C9H8ClN5O2. The van der Waals surface area contributed by atoms with Crippen LogP contribution in [-0.2, 0) is 0 Å². The molecule has 0 radical (unpaired) electrons. The minimum absolute atomic E-state index is 0.0123. The molecule has 17 heavy (non-hydrogen) atoms. The van der Waals surface area contributed by atoms with Crippen molar-refractivity contribution in [3.63, 3.8) is 0 Å². The lowest BCUT2D eigenvalue weighted by Gasteiger charge is -2.00. The van der Waals surface area contributed by atoms with E-state index >= 15 is 0 Å². The zero-order chi connectivity index (χ0) is 12.6. The number of nitro groups is 1. The lowest BCUT2D eigenvalue weighted by Crippen LogP contribution is -2.03. The summed E-state index contributed by atoms with van der Waals surface area (Å²) >= 11 is 5.61. The number of hydrogen-bond acceptors (Lipinski definition) is 5. The van der Waals surface area contributed by atoms with E-state index in [1.807, 2.05) is 0 Å². The lowest BCUT2D eigenvalue weighted by atomic mass is 10.3. The van der Waals surface area contributed by atoms with Gasteiger partial charge in [-0.25, -0.2) is 4.68 Å². The maximum atomic E-state index is 10.8. The second kappa shape index (κ2) is 4.10. The van der Waals surface area contributed by atoms with Crippen LogP contribution in [-0.4, -0.2) is 24.9 Å². The normalized spacial score (nSPS) is 10.5. The molecule has 7 nitrogen and oxygen atoms in total. The maximum Gasteiger partial charge on any atom is 0.313 e. The second-order valence-electron chi connectivity index (χ2n) is 3.40. The molecule has 0 aromatic carbocycles. The highest BCUT2D eigenvalue weighted by molar-refractivity contribution is 6.29. The van der Waals surface area contributed by atoms with Crippen LogP contribution in [0.3, 0.4) is 0 Å². The number of aromatic nitrogens is 4. The Balaban J connectivity index is 2.57. The topological polar surface area (TPSA) is 86.7 Å². The van der Waals surface area contributed by atoms with Crippen LogP contribution >= 0.6 is 11.6 Å². The lowest BCUT2D eigenvalue weighted by molar-refractivity contribution is -0.386. The quantitative estimate of drug-likeness (QED) is 0.602. The van der Waals surface area contributed by atoms with Gasteiger partial charge in [-0.15, -0.1) is 10.2 Å². The predicted octanol–water partition coefficient (Wildman–Crippen LogP) is 1.84. The molecule has 0 aliphatic carbocycles. The zero-order valence-corrected chi connectivity index (χ0v) is 9.84. The minimum Gasteiger partial charge on any atom is -0.258 e. The Morgan fingerprint density at radius 3 is 2.53 bits per heavy atom. The third kappa shape index (κ3) is 1.96. The number of hydrogen-bond donors (Lipinski definition) is 0. The summed E-state index contributed by atoms with van der Waals surface area (Å²) < 4.78 is 1.37. The Morgan fingerprint density at radius 1 is 1.35 bits per heavy atom. The molecule has 2 rings (SSSR count). The summed E-state index contributed by atoms with van der Waals surface area (Å²) in [6, 6.07) is 3.14. The van der Waals surface area contributed by atoms with Crippen LogP contribution in [0.1, 0.15) is 11.4 Å². The van der Waals surface area contributed by atoms with Crippen LogP contribution in [0.15, 0.2) is 12.1 Å². The SMILES string of the molecule is Cc1nn(-c2ccc(Cl)nn2)c(C)c1[N+](=O)[O-]. The van der Waals surface area contributed by atoms with E-state index in [9.17, 15) is 10.1 Å². The molecule has 0 spiro atoms. The Labute approximate surface area is 101 Å². The largest absolute Gasteiger partial charge is 0.313 e. The fourth-order valence-corrected chi connectivity index (χ4v) is 1.64. The van der Waals surface area contributed by atoms with Gasteiger partial charge in [-0.1, -0.05) is 11.6 Å². The molecule has 2 aromatic rings. The van der Waals surface area contributed by atoms with Gasteiger partial charge < -0.3 is 0 Å². The van der Waals surface area contributed by atoms with Gasteiger partial charge >= 0.3 is 5.69 Å². The van der Waals surface area contributed by atoms with E-state index in [4.69, 9.17) is 11.6 Å². The maximum absolute atomic E-state index is 10.8. The number of rotatable bonds is 2.